The molecule has 0 saturated carbocycles. The zero-order valence-electron chi connectivity index (χ0n) is 17.9. The molecule has 160 valence electrons. The average molecular weight is 435 g/mol. The molecule has 0 amide bonds. The second-order valence-electron chi connectivity index (χ2n) is 7.84. The minimum atomic E-state index is 0.424. The number of nitrogens with zero attached hydrogens (tertiary/aromatic N) is 2. The minimum absolute atomic E-state index is 0.424. The lowest BCUT2D eigenvalue weighted by molar-refractivity contribution is 0.280. The first-order valence-electron chi connectivity index (χ1n) is 10.7. The Kier molecular flexibility index (Phi) is 6.78. The van der Waals surface area contributed by atoms with Gasteiger partial charge in [-0.05, 0) is 66.4 Å². The van der Waals surface area contributed by atoms with Gasteiger partial charge in [-0.3, -0.25) is 0 Å². The molecule has 0 fully saturated rings. The van der Waals surface area contributed by atoms with Gasteiger partial charge in [-0.25, -0.2) is 4.98 Å². The van der Waals surface area contributed by atoms with Gasteiger partial charge in [0, 0.05) is 11.6 Å². The van der Waals surface area contributed by atoms with Crippen molar-refractivity contribution in [2.24, 2.45) is 0 Å². The summed E-state index contributed by atoms with van der Waals surface area (Å²) in [5.41, 5.74) is 3.40. The number of imidazole rings is 1. The van der Waals surface area contributed by atoms with E-state index in [1.807, 2.05) is 54.6 Å². The molecule has 0 spiro atoms. The smallest absolute Gasteiger partial charge is 0.147 e. The van der Waals surface area contributed by atoms with Gasteiger partial charge in [-0.1, -0.05) is 49.7 Å². The van der Waals surface area contributed by atoms with E-state index >= 15 is 0 Å². The van der Waals surface area contributed by atoms with Crippen LogP contribution in [-0.2, 0) is 13.2 Å². The third kappa shape index (κ3) is 5.39. The molecular weight excluding hydrogens is 408 g/mol. The molecule has 0 aliphatic carbocycles. The summed E-state index contributed by atoms with van der Waals surface area (Å²) in [6, 6.07) is 23.9. The van der Waals surface area contributed by atoms with E-state index < -0.39 is 0 Å². The van der Waals surface area contributed by atoms with Crippen molar-refractivity contribution in [3.63, 3.8) is 0 Å². The molecule has 0 radical (unpaired) electrons. The average Bonchev–Trinajstić information content (AvgIpc) is 3.14. The summed E-state index contributed by atoms with van der Waals surface area (Å²) in [5.74, 6) is 3.11. The predicted octanol–water partition coefficient (Wildman–Crippen LogP) is 6.86. The Morgan fingerprint density at radius 1 is 0.871 bits per heavy atom. The van der Waals surface area contributed by atoms with Gasteiger partial charge in [-0.15, -0.1) is 0 Å². The van der Waals surface area contributed by atoms with Crippen LogP contribution in [0.1, 0.15) is 37.6 Å². The predicted molar refractivity (Wildman–Crippen MR) is 126 cm³/mol. The Balaban J connectivity index is 1.42. The van der Waals surface area contributed by atoms with Gasteiger partial charge in [0.1, 0.15) is 23.9 Å². The number of hydrogen-bond acceptors (Lipinski definition) is 3. The molecule has 0 unspecified atom stereocenters. The fraction of sp³-hybridized carbons (Fsp3) is 0.269. The number of halogens is 1. The molecule has 1 aromatic heterocycles. The summed E-state index contributed by atoms with van der Waals surface area (Å²) in [6.45, 7) is 6.22. The lowest BCUT2D eigenvalue weighted by Crippen LogP contribution is -2.10. The fourth-order valence-corrected chi connectivity index (χ4v) is 3.65. The van der Waals surface area contributed by atoms with Gasteiger partial charge in [0.05, 0.1) is 17.6 Å². The van der Waals surface area contributed by atoms with Crippen LogP contribution in [0.25, 0.3) is 11.0 Å². The van der Waals surface area contributed by atoms with Crippen LogP contribution in [0.2, 0.25) is 5.02 Å². The molecule has 5 heteroatoms. The van der Waals surface area contributed by atoms with Gasteiger partial charge >= 0.3 is 0 Å². The van der Waals surface area contributed by atoms with E-state index in [1.165, 1.54) is 5.56 Å². The maximum Gasteiger partial charge on any atom is 0.147 e. The minimum Gasteiger partial charge on any atom is -0.494 e. The van der Waals surface area contributed by atoms with Crippen molar-refractivity contribution in [1.29, 1.82) is 0 Å². The topological polar surface area (TPSA) is 36.3 Å². The number of ether oxygens (including phenoxy) is 2. The molecule has 4 nitrogen and oxygen atoms in total. The summed E-state index contributed by atoms with van der Waals surface area (Å²) >= 11 is 5.93. The number of hydrogen-bond donors (Lipinski definition) is 0. The van der Waals surface area contributed by atoms with E-state index in [0.29, 0.717) is 24.2 Å². The number of fused-ring (bicyclic) bond motifs is 1. The van der Waals surface area contributed by atoms with Crippen molar-refractivity contribution in [2.75, 3.05) is 6.61 Å². The molecule has 0 saturated heterocycles. The van der Waals surface area contributed by atoms with Gasteiger partial charge in [0.15, 0.2) is 0 Å². The van der Waals surface area contributed by atoms with Crippen LogP contribution in [0.15, 0.2) is 72.8 Å². The van der Waals surface area contributed by atoms with Crippen molar-refractivity contribution in [1.82, 2.24) is 9.55 Å². The third-order valence-corrected chi connectivity index (χ3v) is 5.51. The summed E-state index contributed by atoms with van der Waals surface area (Å²) in [4.78, 5) is 4.80. The van der Waals surface area contributed by atoms with Crippen molar-refractivity contribution in [3.8, 4) is 11.5 Å². The van der Waals surface area contributed by atoms with Crippen LogP contribution in [0.5, 0.6) is 11.5 Å². The molecule has 3 aromatic carbocycles. The van der Waals surface area contributed by atoms with Crippen molar-refractivity contribution in [2.45, 2.75) is 39.3 Å². The van der Waals surface area contributed by atoms with Crippen LogP contribution < -0.4 is 9.47 Å². The molecule has 1 heterocycles. The molecule has 4 rings (SSSR count). The molecule has 0 aliphatic heterocycles. The second kappa shape index (κ2) is 9.88. The zero-order chi connectivity index (χ0) is 21.6. The quantitative estimate of drug-likeness (QED) is 0.270. The van der Waals surface area contributed by atoms with Crippen LogP contribution >= 0.6 is 11.6 Å². The van der Waals surface area contributed by atoms with Crippen molar-refractivity contribution in [3.05, 3.63) is 89.2 Å². The maximum absolute atomic E-state index is 6.06. The van der Waals surface area contributed by atoms with Gasteiger partial charge < -0.3 is 14.0 Å². The van der Waals surface area contributed by atoms with Crippen LogP contribution in [0.4, 0.5) is 0 Å². The SMILES string of the molecule is CC(C)c1ccc(OCc2nc3ccccc3n2CCCOc2ccc(Cl)cc2)cc1. The number of benzene rings is 3. The molecule has 0 bridgehead atoms. The number of aryl methyl sites for hydroxylation is 1. The highest BCUT2D eigenvalue weighted by molar-refractivity contribution is 6.30. The van der Waals surface area contributed by atoms with Crippen molar-refractivity contribution >= 4 is 22.6 Å². The van der Waals surface area contributed by atoms with E-state index in [1.54, 1.807) is 0 Å². The molecule has 0 aliphatic rings. The number of rotatable bonds is 9. The summed E-state index contributed by atoms with van der Waals surface area (Å²) < 4.78 is 14.1. The first-order chi connectivity index (χ1) is 15.1. The summed E-state index contributed by atoms with van der Waals surface area (Å²) in [5, 5.41) is 0.709. The number of aromatic nitrogens is 2. The third-order valence-electron chi connectivity index (χ3n) is 5.26. The normalized spacial score (nSPS) is 11.2. The fourth-order valence-electron chi connectivity index (χ4n) is 3.53. The summed E-state index contributed by atoms with van der Waals surface area (Å²) in [7, 11) is 0. The monoisotopic (exact) mass is 434 g/mol. The van der Waals surface area contributed by atoms with Crippen LogP contribution in [-0.4, -0.2) is 16.2 Å². The Morgan fingerprint density at radius 2 is 1.55 bits per heavy atom. The Morgan fingerprint density at radius 3 is 2.29 bits per heavy atom. The van der Waals surface area contributed by atoms with Gasteiger partial charge in [-0.2, -0.15) is 0 Å². The molecule has 31 heavy (non-hydrogen) atoms. The zero-order valence-corrected chi connectivity index (χ0v) is 18.7. The highest BCUT2D eigenvalue weighted by Gasteiger charge is 2.11. The maximum atomic E-state index is 6.06. The molecule has 4 aromatic rings. The first-order valence-corrected chi connectivity index (χ1v) is 11.0. The van der Waals surface area contributed by atoms with Gasteiger partial charge in [0.2, 0.25) is 0 Å². The lowest BCUT2D eigenvalue weighted by atomic mass is 10.0. The van der Waals surface area contributed by atoms with E-state index in [-0.39, 0.29) is 0 Å². The lowest BCUT2D eigenvalue weighted by Gasteiger charge is -2.12. The largest absolute Gasteiger partial charge is 0.494 e. The summed E-state index contributed by atoms with van der Waals surface area (Å²) in [6.07, 6.45) is 0.860. The van der Waals surface area contributed by atoms with Crippen LogP contribution in [0, 0.1) is 0 Å². The van der Waals surface area contributed by atoms with E-state index in [4.69, 9.17) is 26.1 Å². The molecule has 0 N–H and O–H groups in total. The molecular formula is C26H27ClN2O2. The van der Waals surface area contributed by atoms with E-state index in [9.17, 15) is 0 Å². The standard InChI is InChI=1S/C26H27ClN2O2/c1-19(2)20-8-12-23(13-9-20)31-18-26-28-24-6-3-4-7-25(24)29(26)16-5-17-30-22-14-10-21(27)11-15-22/h3-4,6-15,19H,5,16-18H2,1-2H3. The highest BCUT2D eigenvalue weighted by atomic mass is 35.5. The molecule has 0 atom stereocenters. The Labute approximate surface area is 188 Å². The van der Waals surface area contributed by atoms with Crippen molar-refractivity contribution < 1.29 is 9.47 Å². The van der Waals surface area contributed by atoms with E-state index in [2.05, 4.69) is 36.6 Å². The highest BCUT2D eigenvalue weighted by Crippen LogP contribution is 2.22. The van der Waals surface area contributed by atoms with E-state index in [0.717, 1.165) is 41.3 Å². The Hall–Kier alpha value is -2.98. The second-order valence-corrected chi connectivity index (χ2v) is 8.27. The number of para-hydroxylation sites is 2. The Bertz CT molecular complexity index is 1120. The van der Waals surface area contributed by atoms with Crippen LogP contribution in [0.3, 0.4) is 0 Å². The first kappa shape index (κ1) is 21.3. The van der Waals surface area contributed by atoms with Gasteiger partial charge in [0.25, 0.3) is 0 Å².